The van der Waals surface area contributed by atoms with Gasteiger partial charge in [0.1, 0.15) is 11.5 Å². The number of amides is 3. The van der Waals surface area contributed by atoms with Crippen LogP contribution < -0.4 is 25.6 Å². The van der Waals surface area contributed by atoms with E-state index in [4.69, 9.17) is 9.47 Å². The molecule has 1 unspecified atom stereocenters. The maximum absolute atomic E-state index is 12.2. The summed E-state index contributed by atoms with van der Waals surface area (Å²) in [6, 6.07) is 14.1. The summed E-state index contributed by atoms with van der Waals surface area (Å²) in [6.07, 6.45) is -0.786. The standard InChI is InChI=1S/C22H29N3O4/c1-6-28-19-10-8-7-9-18(19)23-21(27)25-24-20(26)15(2)29-17-13-11-16(12-14-17)22(3,4)5/h7-15H,6H2,1-5H3,(H,24,26)(H2,23,25,27). The molecular weight excluding hydrogens is 370 g/mol. The largest absolute Gasteiger partial charge is 0.492 e. The Kier molecular flexibility index (Phi) is 7.47. The van der Waals surface area contributed by atoms with Gasteiger partial charge in [-0.1, -0.05) is 45.0 Å². The van der Waals surface area contributed by atoms with Crippen LogP contribution in [-0.4, -0.2) is 24.6 Å². The summed E-state index contributed by atoms with van der Waals surface area (Å²) in [5, 5.41) is 2.63. The average molecular weight is 399 g/mol. The molecule has 0 aliphatic rings. The van der Waals surface area contributed by atoms with Gasteiger partial charge in [0, 0.05) is 0 Å². The first-order valence-electron chi connectivity index (χ1n) is 9.56. The summed E-state index contributed by atoms with van der Waals surface area (Å²) in [4.78, 5) is 24.2. The van der Waals surface area contributed by atoms with Crippen LogP contribution in [0.1, 0.15) is 40.2 Å². The zero-order valence-electron chi connectivity index (χ0n) is 17.5. The molecule has 0 spiro atoms. The minimum atomic E-state index is -0.786. The molecule has 0 bridgehead atoms. The van der Waals surface area contributed by atoms with Crippen LogP contribution in [0.4, 0.5) is 10.5 Å². The van der Waals surface area contributed by atoms with Gasteiger partial charge in [0.25, 0.3) is 5.91 Å². The van der Waals surface area contributed by atoms with Crippen molar-refractivity contribution in [2.24, 2.45) is 0 Å². The predicted molar refractivity (Wildman–Crippen MR) is 113 cm³/mol. The van der Waals surface area contributed by atoms with Crippen molar-refractivity contribution >= 4 is 17.6 Å². The predicted octanol–water partition coefficient (Wildman–Crippen LogP) is 4.00. The Morgan fingerprint density at radius 1 is 1.00 bits per heavy atom. The number of hydrogen-bond donors (Lipinski definition) is 3. The van der Waals surface area contributed by atoms with Gasteiger partial charge in [-0.2, -0.15) is 0 Å². The zero-order chi connectivity index (χ0) is 21.4. The van der Waals surface area contributed by atoms with E-state index in [0.29, 0.717) is 23.8 Å². The number of ether oxygens (including phenoxy) is 2. The number of rotatable bonds is 6. The lowest BCUT2D eigenvalue weighted by atomic mass is 9.87. The maximum Gasteiger partial charge on any atom is 0.338 e. The highest BCUT2D eigenvalue weighted by molar-refractivity contribution is 5.92. The number of anilines is 1. The van der Waals surface area contributed by atoms with Gasteiger partial charge in [-0.25, -0.2) is 10.2 Å². The number of urea groups is 1. The van der Waals surface area contributed by atoms with Gasteiger partial charge in [0.15, 0.2) is 6.10 Å². The molecule has 0 radical (unpaired) electrons. The first-order chi connectivity index (χ1) is 13.7. The summed E-state index contributed by atoms with van der Waals surface area (Å²) in [5.41, 5.74) is 6.37. The van der Waals surface area contributed by atoms with Crippen molar-refractivity contribution in [2.45, 2.75) is 46.1 Å². The molecule has 7 nitrogen and oxygen atoms in total. The molecule has 0 saturated heterocycles. The molecule has 0 heterocycles. The molecule has 2 aromatic rings. The van der Waals surface area contributed by atoms with Crippen LogP contribution in [0, 0.1) is 0 Å². The van der Waals surface area contributed by atoms with Gasteiger partial charge >= 0.3 is 6.03 Å². The lowest BCUT2D eigenvalue weighted by Crippen LogP contribution is -2.48. The van der Waals surface area contributed by atoms with Gasteiger partial charge in [0.05, 0.1) is 12.3 Å². The fourth-order valence-electron chi connectivity index (χ4n) is 2.52. The van der Waals surface area contributed by atoms with Crippen molar-refractivity contribution in [2.75, 3.05) is 11.9 Å². The second kappa shape index (κ2) is 9.82. The Labute approximate surface area is 171 Å². The fraction of sp³-hybridized carbons (Fsp3) is 0.364. The molecule has 0 aliphatic heterocycles. The summed E-state index contributed by atoms with van der Waals surface area (Å²) in [7, 11) is 0. The van der Waals surface area contributed by atoms with Gasteiger partial charge < -0.3 is 14.8 Å². The molecule has 7 heteroatoms. The second-order valence-electron chi connectivity index (χ2n) is 7.53. The van der Waals surface area contributed by atoms with Gasteiger partial charge in [-0.05, 0) is 49.1 Å². The van der Waals surface area contributed by atoms with Crippen molar-refractivity contribution in [3.63, 3.8) is 0 Å². The van der Waals surface area contributed by atoms with Crippen LogP contribution in [0.2, 0.25) is 0 Å². The van der Waals surface area contributed by atoms with E-state index in [1.807, 2.05) is 37.3 Å². The fourth-order valence-corrected chi connectivity index (χ4v) is 2.52. The zero-order valence-corrected chi connectivity index (χ0v) is 17.5. The molecule has 3 amide bonds. The van der Waals surface area contributed by atoms with E-state index in [2.05, 4.69) is 36.9 Å². The summed E-state index contributed by atoms with van der Waals surface area (Å²) in [6.45, 7) is 10.3. The van der Waals surface area contributed by atoms with Gasteiger partial charge in [0.2, 0.25) is 0 Å². The van der Waals surface area contributed by atoms with Crippen LogP contribution >= 0.6 is 0 Å². The Morgan fingerprint density at radius 3 is 2.28 bits per heavy atom. The maximum atomic E-state index is 12.2. The Morgan fingerprint density at radius 2 is 1.66 bits per heavy atom. The van der Waals surface area contributed by atoms with Gasteiger partial charge in [-0.15, -0.1) is 0 Å². The van der Waals surface area contributed by atoms with Crippen molar-refractivity contribution in [3.8, 4) is 11.5 Å². The molecule has 3 N–H and O–H groups in total. The summed E-state index contributed by atoms with van der Waals surface area (Å²) in [5.74, 6) is 0.653. The van der Waals surface area contributed by atoms with Crippen LogP contribution in [0.5, 0.6) is 11.5 Å². The lowest BCUT2D eigenvalue weighted by molar-refractivity contribution is -0.127. The third-order valence-corrected chi connectivity index (χ3v) is 4.14. The molecule has 29 heavy (non-hydrogen) atoms. The van der Waals surface area contributed by atoms with Crippen molar-refractivity contribution in [1.82, 2.24) is 10.9 Å². The number of para-hydroxylation sites is 2. The van der Waals surface area contributed by atoms with Crippen LogP contribution in [0.3, 0.4) is 0 Å². The van der Waals surface area contributed by atoms with E-state index in [-0.39, 0.29) is 5.41 Å². The number of benzene rings is 2. The van der Waals surface area contributed by atoms with E-state index < -0.39 is 18.0 Å². The molecule has 2 aromatic carbocycles. The van der Waals surface area contributed by atoms with Gasteiger partial charge in [-0.3, -0.25) is 10.2 Å². The average Bonchev–Trinajstić information content (AvgIpc) is 2.67. The number of carbonyl (C=O) groups excluding carboxylic acids is 2. The van der Waals surface area contributed by atoms with Crippen molar-refractivity contribution in [3.05, 3.63) is 54.1 Å². The summed E-state index contributed by atoms with van der Waals surface area (Å²) >= 11 is 0. The van der Waals surface area contributed by atoms with Crippen LogP contribution in [0.25, 0.3) is 0 Å². The Balaban J connectivity index is 1.84. The highest BCUT2D eigenvalue weighted by Gasteiger charge is 2.17. The SMILES string of the molecule is CCOc1ccccc1NC(=O)NNC(=O)C(C)Oc1ccc(C(C)(C)C)cc1. The first kappa shape index (κ1) is 22.1. The minimum absolute atomic E-state index is 0.0413. The number of hydrazine groups is 1. The van der Waals surface area contributed by atoms with E-state index in [1.54, 1.807) is 25.1 Å². The van der Waals surface area contributed by atoms with E-state index in [0.717, 1.165) is 0 Å². The third kappa shape index (κ3) is 6.71. The van der Waals surface area contributed by atoms with E-state index in [9.17, 15) is 9.59 Å². The number of hydrogen-bond acceptors (Lipinski definition) is 4. The second-order valence-corrected chi connectivity index (χ2v) is 7.53. The highest BCUT2D eigenvalue weighted by Crippen LogP contribution is 2.25. The normalized spacial score (nSPS) is 11.9. The first-order valence-corrected chi connectivity index (χ1v) is 9.56. The monoisotopic (exact) mass is 399 g/mol. The van der Waals surface area contributed by atoms with Crippen molar-refractivity contribution in [1.29, 1.82) is 0 Å². The molecule has 0 fully saturated rings. The molecule has 0 saturated carbocycles. The van der Waals surface area contributed by atoms with Crippen LogP contribution in [0.15, 0.2) is 48.5 Å². The summed E-state index contributed by atoms with van der Waals surface area (Å²) < 4.78 is 11.1. The van der Waals surface area contributed by atoms with Crippen molar-refractivity contribution < 1.29 is 19.1 Å². The Bertz CT molecular complexity index is 829. The molecule has 0 aromatic heterocycles. The quantitative estimate of drug-likeness (QED) is 0.641. The number of carbonyl (C=O) groups is 2. The van der Waals surface area contributed by atoms with E-state index >= 15 is 0 Å². The lowest BCUT2D eigenvalue weighted by Gasteiger charge is -2.20. The molecular formula is C22H29N3O4. The third-order valence-electron chi connectivity index (χ3n) is 4.14. The van der Waals surface area contributed by atoms with Crippen LogP contribution in [-0.2, 0) is 10.2 Å². The molecule has 2 rings (SSSR count). The smallest absolute Gasteiger partial charge is 0.338 e. The highest BCUT2D eigenvalue weighted by atomic mass is 16.5. The number of nitrogens with one attached hydrogen (secondary N) is 3. The topological polar surface area (TPSA) is 88.7 Å². The Hall–Kier alpha value is -3.22. The molecule has 1 atom stereocenters. The molecule has 156 valence electrons. The van der Waals surface area contributed by atoms with E-state index in [1.165, 1.54) is 5.56 Å². The minimum Gasteiger partial charge on any atom is -0.492 e. The molecule has 0 aliphatic carbocycles.